The van der Waals surface area contributed by atoms with E-state index in [1.807, 2.05) is 24.3 Å². The second kappa shape index (κ2) is 5.56. The van der Waals surface area contributed by atoms with Crippen molar-refractivity contribution >= 4 is 0 Å². The average Bonchev–Trinajstić information content (AvgIpc) is 2.47. The van der Waals surface area contributed by atoms with Gasteiger partial charge in [0.2, 0.25) is 0 Å². The van der Waals surface area contributed by atoms with Gasteiger partial charge in [0.05, 0.1) is 5.56 Å². The first-order chi connectivity index (χ1) is 10.2. The van der Waals surface area contributed by atoms with E-state index in [0.717, 1.165) is 11.1 Å². The van der Waals surface area contributed by atoms with Gasteiger partial charge in [-0.2, -0.15) is 8.78 Å². The van der Waals surface area contributed by atoms with Gasteiger partial charge in [-0.1, -0.05) is 36.4 Å². The molecule has 21 heavy (non-hydrogen) atoms. The number of benzene rings is 2. The summed E-state index contributed by atoms with van der Waals surface area (Å²) in [7, 11) is 0. The van der Waals surface area contributed by atoms with Crippen LogP contribution >= 0.6 is 0 Å². The fraction of sp³-hybridized carbons (Fsp3) is 0.176. The lowest BCUT2D eigenvalue weighted by Crippen LogP contribution is -2.14. The van der Waals surface area contributed by atoms with Gasteiger partial charge in [0.25, 0.3) is 0 Å². The Kier molecular flexibility index (Phi) is 3.60. The first-order valence-electron chi connectivity index (χ1n) is 6.65. The zero-order valence-electron chi connectivity index (χ0n) is 11.3. The number of hydrogen-bond donors (Lipinski definition) is 0. The van der Waals surface area contributed by atoms with E-state index in [-0.39, 0.29) is 11.9 Å². The Balaban J connectivity index is 2.15. The molecule has 1 unspecified atom stereocenters. The fourth-order valence-electron chi connectivity index (χ4n) is 2.62. The lowest BCUT2D eigenvalue weighted by molar-refractivity contribution is -0.0496. The second-order valence-corrected chi connectivity index (χ2v) is 4.73. The predicted molar refractivity (Wildman–Crippen MR) is 76.7 cm³/mol. The molecule has 0 bridgehead atoms. The van der Waals surface area contributed by atoms with Crippen molar-refractivity contribution in [3.05, 3.63) is 60.7 Å². The van der Waals surface area contributed by atoms with Crippen molar-refractivity contribution in [2.45, 2.75) is 19.1 Å². The van der Waals surface area contributed by atoms with Gasteiger partial charge in [-0.15, -0.1) is 6.58 Å². The predicted octanol–water partition coefficient (Wildman–Crippen LogP) is 4.96. The Hall–Kier alpha value is -2.36. The summed E-state index contributed by atoms with van der Waals surface area (Å²) >= 11 is 0. The quantitative estimate of drug-likeness (QED) is 0.740. The molecule has 1 heterocycles. The molecule has 3 rings (SSSR count). The van der Waals surface area contributed by atoms with Crippen molar-refractivity contribution in [1.82, 2.24) is 0 Å². The maximum atomic E-state index is 12.6. The molecule has 0 fully saturated rings. The van der Waals surface area contributed by atoms with E-state index in [4.69, 9.17) is 4.74 Å². The van der Waals surface area contributed by atoms with E-state index in [1.165, 1.54) is 6.07 Å². The number of hydrogen-bond acceptors (Lipinski definition) is 2. The van der Waals surface area contributed by atoms with Crippen LogP contribution < -0.4 is 9.47 Å². The molecule has 1 aliphatic heterocycles. The van der Waals surface area contributed by atoms with Crippen LogP contribution in [0, 0.1) is 0 Å². The van der Waals surface area contributed by atoms with Gasteiger partial charge in [-0.25, -0.2) is 0 Å². The van der Waals surface area contributed by atoms with E-state index >= 15 is 0 Å². The Bertz CT molecular complexity index is 668. The van der Waals surface area contributed by atoms with Crippen LogP contribution in [0.15, 0.2) is 55.1 Å². The normalized spacial score (nSPS) is 15.9. The van der Waals surface area contributed by atoms with Crippen LogP contribution in [0.1, 0.15) is 18.1 Å². The Labute approximate surface area is 121 Å². The topological polar surface area (TPSA) is 18.5 Å². The summed E-state index contributed by atoms with van der Waals surface area (Å²) < 4.78 is 35.7. The number of rotatable bonds is 4. The molecule has 0 spiro atoms. The molecule has 2 nitrogen and oxygen atoms in total. The van der Waals surface area contributed by atoms with E-state index in [9.17, 15) is 8.78 Å². The highest BCUT2D eigenvalue weighted by atomic mass is 19.3. The molecule has 0 radical (unpaired) electrons. The number of fused-ring (bicyclic) bond motifs is 3. The van der Waals surface area contributed by atoms with Crippen LogP contribution in [0.2, 0.25) is 0 Å². The van der Waals surface area contributed by atoms with E-state index in [2.05, 4.69) is 11.3 Å². The van der Waals surface area contributed by atoms with Crippen LogP contribution in [0.5, 0.6) is 11.5 Å². The summed E-state index contributed by atoms with van der Waals surface area (Å²) in [6.45, 7) is 0.871. The minimum Gasteiger partial charge on any atom is -0.485 e. The molecule has 4 heteroatoms. The van der Waals surface area contributed by atoms with Crippen molar-refractivity contribution in [1.29, 1.82) is 0 Å². The minimum absolute atomic E-state index is 0.131. The SMILES string of the molecule is C=CCC1Oc2cccc(OC(F)F)c2-c2ccccc21. The zero-order chi connectivity index (χ0) is 14.8. The summed E-state index contributed by atoms with van der Waals surface area (Å²) in [5, 5.41) is 0. The molecule has 1 aliphatic rings. The lowest BCUT2D eigenvalue weighted by Gasteiger charge is -2.29. The summed E-state index contributed by atoms with van der Waals surface area (Å²) in [6, 6.07) is 12.5. The van der Waals surface area contributed by atoms with Crippen molar-refractivity contribution in [3.63, 3.8) is 0 Å². The Morgan fingerprint density at radius 3 is 2.76 bits per heavy atom. The number of halogens is 2. The summed E-state index contributed by atoms with van der Waals surface area (Å²) in [4.78, 5) is 0. The molecule has 0 N–H and O–H groups in total. The zero-order valence-corrected chi connectivity index (χ0v) is 11.3. The molecule has 108 valence electrons. The second-order valence-electron chi connectivity index (χ2n) is 4.73. The molecule has 0 saturated carbocycles. The van der Waals surface area contributed by atoms with Gasteiger partial charge in [0.1, 0.15) is 17.6 Å². The van der Waals surface area contributed by atoms with E-state index < -0.39 is 6.61 Å². The van der Waals surface area contributed by atoms with Crippen LogP contribution in [0.4, 0.5) is 8.78 Å². The Morgan fingerprint density at radius 1 is 1.19 bits per heavy atom. The van der Waals surface area contributed by atoms with Crippen LogP contribution in [-0.4, -0.2) is 6.61 Å². The first-order valence-corrected chi connectivity index (χ1v) is 6.65. The molecule has 0 saturated heterocycles. The van der Waals surface area contributed by atoms with Crippen molar-refractivity contribution in [3.8, 4) is 22.6 Å². The van der Waals surface area contributed by atoms with Gasteiger partial charge in [0.15, 0.2) is 0 Å². The molecule has 0 aliphatic carbocycles. The van der Waals surface area contributed by atoms with Crippen molar-refractivity contribution < 1.29 is 18.3 Å². The molecule has 1 atom stereocenters. The lowest BCUT2D eigenvalue weighted by atomic mass is 9.91. The highest BCUT2D eigenvalue weighted by Crippen LogP contribution is 2.48. The molecular weight excluding hydrogens is 274 g/mol. The van der Waals surface area contributed by atoms with Crippen molar-refractivity contribution in [2.24, 2.45) is 0 Å². The maximum Gasteiger partial charge on any atom is 0.387 e. The maximum absolute atomic E-state index is 12.6. The van der Waals surface area contributed by atoms with E-state index in [0.29, 0.717) is 17.7 Å². The fourth-order valence-corrected chi connectivity index (χ4v) is 2.62. The molecular formula is C17H14F2O2. The van der Waals surface area contributed by atoms with Crippen LogP contribution in [-0.2, 0) is 0 Å². The third kappa shape index (κ3) is 2.49. The highest BCUT2D eigenvalue weighted by Gasteiger charge is 2.28. The summed E-state index contributed by atoms with van der Waals surface area (Å²) in [6.07, 6.45) is 2.27. The summed E-state index contributed by atoms with van der Waals surface area (Å²) in [5.74, 6) is 0.686. The van der Waals surface area contributed by atoms with Gasteiger partial charge >= 0.3 is 6.61 Å². The van der Waals surface area contributed by atoms with Crippen LogP contribution in [0.3, 0.4) is 0 Å². The van der Waals surface area contributed by atoms with Gasteiger partial charge in [-0.05, 0) is 17.7 Å². The smallest absolute Gasteiger partial charge is 0.387 e. The minimum atomic E-state index is -2.87. The molecule has 2 aromatic carbocycles. The third-order valence-corrected chi connectivity index (χ3v) is 3.43. The van der Waals surface area contributed by atoms with E-state index in [1.54, 1.807) is 18.2 Å². The van der Waals surface area contributed by atoms with Crippen molar-refractivity contribution in [2.75, 3.05) is 0 Å². The van der Waals surface area contributed by atoms with Gasteiger partial charge in [0, 0.05) is 12.0 Å². The highest BCUT2D eigenvalue weighted by molar-refractivity contribution is 5.81. The van der Waals surface area contributed by atoms with Gasteiger partial charge in [-0.3, -0.25) is 0 Å². The number of alkyl halides is 2. The standard InChI is InChI=1S/C17H14F2O2/c1-2-6-13-11-7-3-4-8-12(11)16-14(20-13)9-5-10-15(16)21-17(18)19/h2-5,7-10,13,17H,1,6H2. The molecule has 2 aromatic rings. The van der Waals surface area contributed by atoms with Gasteiger partial charge < -0.3 is 9.47 Å². The Morgan fingerprint density at radius 2 is 2.00 bits per heavy atom. The van der Waals surface area contributed by atoms with Crippen LogP contribution in [0.25, 0.3) is 11.1 Å². The largest absolute Gasteiger partial charge is 0.485 e. The first kappa shape index (κ1) is 13.6. The summed E-state index contributed by atoms with van der Waals surface area (Å²) in [5.41, 5.74) is 2.39. The average molecular weight is 288 g/mol. The third-order valence-electron chi connectivity index (χ3n) is 3.43. The molecule has 0 amide bonds. The monoisotopic (exact) mass is 288 g/mol. The molecule has 0 aromatic heterocycles. The number of ether oxygens (including phenoxy) is 2.